The van der Waals surface area contributed by atoms with E-state index in [9.17, 15) is 0 Å². The minimum atomic E-state index is -0.0619. The zero-order chi connectivity index (χ0) is 33.6. The van der Waals surface area contributed by atoms with Gasteiger partial charge >= 0.3 is 0 Å². The summed E-state index contributed by atoms with van der Waals surface area (Å²) >= 11 is 2.05. The Morgan fingerprint density at radius 3 is 2.02 bits per heavy atom. The maximum Gasteiger partial charge on any atom is 0.103 e. The zero-order valence-corrected chi connectivity index (χ0v) is 32.1. The summed E-state index contributed by atoms with van der Waals surface area (Å²) in [5.41, 5.74) is 10.3. The maximum absolute atomic E-state index is 5.73. The molecule has 2 aliphatic carbocycles. The summed E-state index contributed by atoms with van der Waals surface area (Å²) in [5, 5.41) is 4.83. The second-order valence-electron chi connectivity index (χ2n) is 16.0. The summed E-state index contributed by atoms with van der Waals surface area (Å²) in [7, 11) is -0.0619. The van der Waals surface area contributed by atoms with Crippen molar-refractivity contribution < 1.29 is 0 Å². The third kappa shape index (κ3) is 8.70. The Labute approximate surface area is 299 Å². The molecular weight excluding hydrogens is 621 g/mol. The van der Waals surface area contributed by atoms with Gasteiger partial charge in [-0.3, -0.25) is 0 Å². The Balaban J connectivity index is 1.33. The van der Waals surface area contributed by atoms with Crippen LogP contribution >= 0.6 is 11.8 Å². The van der Waals surface area contributed by atoms with Gasteiger partial charge in [0.2, 0.25) is 0 Å². The average Bonchev–Trinajstić information content (AvgIpc) is 3.44. The Hall–Kier alpha value is -2.30. The number of thioether (sulfide) groups is 1. The highest BCUT2D eigenvalue weighted by molar-refractivity contribution is 8.03. The van der Waals surface area contributed by atoms with Gasteiger partial charge in [-0.25, -0.2) is 4.36 Å². The molecule has 6 atom stereocenters. The molecule has 6 rings (SSSR count). The van der Waals surface area contributed by atoms with Gasteiger partial charge in [0.15, 0.2) is 0 Å². The molecule has 0 amide bonds. The molecule has 2 heterocycles. The molecule has 2 aliphatic heterocycles. The van der Waals surface area contributed by atoms with Crippen molar-refractivity contribution in [3.8, 4) is 0 Å². The molecule has 2 aromatic carbocycles. The van der Waals surface area contributed by atoms with Gasteiger partial charge in [-0.1, -0.05) is 169 Å². The molecule has 0 saturated heterocycles. The van der Waals surface area contributed by atoms with E-state index in [2.05, 4.69) is 120 Å². The van der Waals surface area contributed by atoms with E-state index in [1.165, 1.54) is 84.4 Å². The fraction of sp³-hybridized carbons (Fsp3) is 0.545. The van der Waals surface area contributed by atoms with Crippen LogP contribution in [0.2, 0.25) is 0 Å². The molecule has 258 valence electrons. The summed E-state index contributed by atoms with van der Waals surface area (Å²) in [6.07, 6.45) is 18.2. The van der Waals surface area contributed by atoms with Crippen molar-refractivity contribution in [2.24, 2.45) is 34.0 Å². The molecule has 0 radical (unpaired) electrons. The summed E-state index contributed by atoms with van der Waals surface area (Å²) in [6.45, 7) is 14.4. The van der Waals surface area contributed by atoms with Gasteiger partial charge in [0.25, 0.3) is 0 Å². The van der Waals surface area contributed by atoms with E-state index in [1.807, 2.05) is 11.8 Å². The molecule has 48 heavy (non-hydrogen) atoms. The summed E-state index contributed by atoms with van der Waals surface area (Å²) in [6, 6.07) is 22.3. The topological polar surface area (TPSA) is 24.4 Å². The van der Waals surface area contributed by atoms with Crippen molar-refractivity contribution in [2.45, 2.75) is 122 Å². The minimum absolute atomic E-state index is 0.0619. The molecule has 4 aliphatic rings. The van der Waals surface area contributed by atoms with Crippen LogP contribution in [0.3, 0.4) is 0 Å². The van der Waals surface area contributed by atoms with E-state index in [0.717, 1.165) is 42.3 Å². The summed E-state index contributed by atoms with van der Waals surface area (Å²) < 4.78 is 5.73. The first-order valence-electron chi connectivity index (χ1n) is 19.1. The highest BCUT2D eigenvalue weighted by Gasteiger charge is 2.47. The summed E-state index contributed by atoms with van der Waals surface area (Å²) in [4.78, 5) is 1.51. The molecule has 2 nitrogen and oxygen atoms in total. The maximum atomic E-state index is 5.73. The fourth-order valence-electron chi connectivity index (χ4n) is 7.95. The molecule has 5 unspecified atom stereocenters. The average molecular weight is 681 g/mol. The number of rotatable bonds is 17. The van der Waals surface area contributed by atoms with Crippen molar-refractivity contribution >= 4 is 22.5 Å². The number of hydrogen-bond donors (Lipinski definition) is 1. The van der Waals surface area contributed by atoms with E-state index >= 15 is 0 Å². The highest BCUT2D eigenvalue weighted by Crippen LogP contribution is 2.57. The smallest absolute Gasteiger partial charge is 0.103 e. The van der Waals surface area contributed by atoms with Crippen molar-refractivity contribution in [1.82, 2.24) is 5.32 Å². The predicted octanol–water partition coefficient (Wildman–Crippen LogP) is 12.9. The van der Waals surface area contributed by atoms with Crippen LogP contribution in [-0.2, 0) is 16.4 Å². The number of nitrogens with zero attached hydrogens (tertiary/aromatic N) is 1. The van der Waals surface area contributed by atoms with Gasteiger partial charge in [0.1, 0.15) is 5.37 Å². The van der Waals surface area contributed by atoms with Crippen LogP contribution in [0.15, 0.2) is 110 Å². The van der Waals surface area contributed by atoms with Crippen molar-refractivity contribution in [3.05, 3.63) is 117 Å². The number of nitrogens with one attached hydrogen (secondary N) is 1. The van der Waals surface area contributed by atoms with E-state index in [1.54, 1.807) is 11.1 Å². The van der Waals surface area contributed by atoms with Crippen LogP contribution in [0.1, 0.15) is 122 Å². The molecule has 2 aromatic rings. The van der Waals surface area contributed by atoms with Gasteiger partial charge in [-0.05, 0) is 83.3 Å². The van der Waals surface area contributed by atoms with Crippen molar-refractivity contribution in [1.29, 1.82) is 0 Å². The van der Waals surface area contributed by atoms with Gasteiger partial charge in [-0.15, -0.1) is 0 Å². The Bertz CT molecular complexity index is 1540. The van der Waals surface area contributed by atoms with E-state index < -0.39 is 0 Å². The van der Waals surface area contributed by atoms with Gasteiger partial charge < -0.3 is 5.32 Å². The van der Waals surface area contributed by atoms with E-state index in [-0.39, 0.29) is 16.1 Å². The quantitative estimate of drug-likeness (QED) is 0.180. The monoisotopic (exact) mass is 680 g/mol. The summed E-state index contributed by atoms with van der Waals surface area (Å²) in [5.74, 6) is 4.53. The molecule has 1 N–H and O–H groups in total. The SMILES string of the molecule is CC(C)CCCC(C)CCC1=C[C@@H]2C3C(=C(CCC(C)CCCC(C)C)C=C4SC(c5ccccc5)NC1=C43)N=S2Cc1ccccc1. The Morgan fingerprint density at radius 1 is 0.750 bits per heavy atom. The Morgan fingerprint density at radius 2 is 1.38 bits per heavy atom. The standard InChI is InChI=1S/C44H60N2S2/c1-30(2)15-13-17-32(5)23-25-36-27-38-40-41-39(48(46-43(36)41)29-34-19-9-7-10-20-34)28-37(26-24-33(6)18-14-16-31(3)4)42(40)45-44(47-38)35-21-11-8-12-22-35/h7-12,19-22,27-28,30-33,39,41,44-45H,13-18,23-26,29H2,1-6H3/t32?,33?,39-,41?,44?,48?/m1/s1. The first-order valence-corrected chi connectivity index (χ1v) is 21.4. The second-order valence-corrected chi connectivity index (χ2v) is 18.9. The first-order chi connectivity index (χ1) is 23.3. The fourth-order valence-corrected chi connectivity index (χ4v) is 11.5. The van der Waals surface area contributed by atoms with E-state index in [0.29, 0.717) is 11.2 Å². The van der Waals surface area contributed by atoms with E-state index in [4.69, 9.17) is 4.36 Å². The number of hydrogen-bond acceptors (Lipinski definition) is 3. The largest absolute Gasteiger partial charge is 0.369 e. The van der Waals surface area contributed by atoms with Crippen LogP contribution in [0.4, 0.5) is 0 Å². The van der Waals surface area contributed by atoms with Crippen LogP contribution < -0.4 is 5.32 Å². The second kappa shape index (κ2) is 16.6. The lowest BCUT2D eigenvalue weighted by Crippen LogP contribution is -2.36. The third-order valence-corrected chi connectivity index (χ3v) is 14.2. The molecule has 0 bridgehead atoms. The van der Waals surface area contributed by atoms with Gasteiger partial charge in [-0.2, -0.15) is 0 Å². The number of benzene rings is 2. The van der Waals surface area contributed by atoms with Crippen LogP contribution in [0.5, 0.6) is 0 Å². The third-order valence-electron chi connectivity index (χ3n) is 10.9. The lowest BCUT2D eigenvalue weighted by molar-refractivity contribution is 0.434. The van der Waals surface area contributed by atoms with Gasteiger partial charge in [0.05, 0.1) is 5.70 Å². The highest BCUT2D eigenvalue weighted by atomic mass is 32.2. The predicted molar refractivity (Wildman–Crippen MR) is 212 cm³/mol. The molecule has 0 saturated carbocycles. The molecule has 0 spiro atoms. The van der Waals surface area contributed by atoms with Crippen LogP contribution in [0.25, 0.3) is 0 Å². The van der Waals surface area contributed by atoms with Crippen LogP contribution in [0, 0.1) is 29.6 Å². The zero-order valence-electron chi connectivity index (χ0n) is 30.5. The van der Waals surface area contributed by atoms with Gasteiger partial charge in [0, 0.05) is 27.5 Å². The lowest BCUT2D eigenvalue weighted by Gasteiger charge is -2.41. The first kappa shape index (κ1) is 35.5. The molecule has 4 heteroatoms. The molecule has 0 aromatic heterocycles. The Kier molecular flexibility index (Phi) is 12.3. The molecular formula is C44H60N2S2. The number of allylic oxidation sites excluding steroid dienone is 5. The molecule has 0 fully saturated rings. The normalized spacial score (nSPS) is 24.2. The van der Waals surface area contributed by atoms with Crippen molar-refractivity contribution in [3.63, 3.8) is 0 Å². The minimum Gasteiger partial charge on any atom is -0.369 e. The van der Waals surface area contributed by atoms with Crippen molar-refractivity contribution in [2.75, 3.05) is 0 Å². The lowest BCUT2D eigenvalue weighted by atomic mass is 9.76. The van der Waals surface area contributed by atoms with Crippen LogP contribution in [-0.4, -0.2) is 5.25 Å².